The van der Waals surface area contributed by atoms with Crippen LogP contribution in [0.5, 0.6) is 5.75 Å². The van der Waals surface area contributed by atoms with E-state index in [1.165, 1.54) is 5.56 Å². The van der Waals surface area contributed by atoms with Gasteiger partial charge in [-0.1, -0.05) is 13.8 Å². The highest BCUT2D eigenvalue weighted by atomic mass is 16.5. The zero-order valence-electron chi connectivity index (χ0n) is 20.5. The average Bonchev–Trinajstić information content (AvgIpc) is 2.79. The molecule has 2 aliphatic heterocycles. The number of carbonyl (C=O) groups is 2. The quantitative estimate of drug-likeness (QED) is 0.281. The smallest absolute Gasteiger partial charge is 0.343 e. The highest BCUT2D eigenvalue weighted by Gasteiger charge is 2.41. The average molecular weight is 460 g/mol. The molecule has 0 aliphatic carbocycles. The van der Waals surface area contributed by atoms with Gasteiger partial charge in [-0.25, -0.2) is 4.79 Å². The number of esters is 1. The zero-order valence-corrected chi connectivity index (χ0v) is 20.5. The maximum atomic E-state index is 12.9. The van der Waals surface area contributed by atoms with Crippen molar-refractivity contribution in [1.82, 2.24) is 4.90 Å². The molecule has 0 amide bonds. The summed E-state index contributed by atoms with van der Waals surface area (Å²) >= 11 is 0. The van der Waals surface area contributed by atoms with Gasteiger partial charge in [0, 0.05) is 51.0 Å². The van der Waals surface area contributed by atoms with Crippen molar-refractivity contribution in [2.45, 2.75) is 65.6 Å². The summed E-state index contributed by atoms with van der Waals surface area (Å²) in [5.41, 5.74) is 3.43. The fraction of sp³-hybridized carbons (Fsp3) is 0.615. The predicted molar refractivity (Wildman–Crippen MR) is 125 cm³/mol. The van der Waals surface area contributed by atoms with E-state index in [2.05, 4.69) is 30.9 Å². The summed E-state index contributed by atoms with van der Waals surface area (Å²) < 4.78 is 22.1. The Kier molecular flexibility index (Phi) is 8.92. The number of nitrogens with zero attached hydrogens (tertiary/aromatic N) is 1. The molecular weight excluding hydrogens is 422 g/mol. The summed E-state index contributed by atoms with van der Waals surface area (Å²) in [6, 6.07) is 4.30. The van der Waals surface area contributed by atoms with Crippen LogP contribution < -0.4 is 4.74 Å². The van der Waals surface area contributed by atoms with E-state index in [0.29, 0.717) is 32.3 Å². The second-order valence-corrected chi connectivity index (χ2v) is 8.86. The number of hydrogen-bond acceptors (Lipinski definition) is 7. The van der Waals surface area contributed by atoms with Crippen LogP contribution in [0.15, 0.2) is 23.9 Å². The van der Waals surface area contributed by atoms with Crippen molar-refractivity contribution in [3.8, 4) is 5.75 Å². The molecule has 7 nitrogen and oxygen atoms in total. The van der Waals surface area contributed by atoms with Gasteiger partial charge >= 0.3 is 5.97 Å². The van der Waals surface area contributed by atoms with E-state index in [1.807, 2.05) is 6.92 Å². The molecule has 0 fully saturated rings. The van der Waals surface area contributed by atoms with Crippen LogP contribution in [0.4, 0.5) is 0 Å². The summed E-state index contributed by atoms with van der Waals surface area (Å²) in [5.74, 6) is 0.462. The molecule has 0 saturated carbocycles. The summed E-state index contributed by atoms with van der Waals surface area (Å²) in [4.78, 5) is 27.5. The number of hydrogen-bond donors (Lipinski definition) is 0. The van der Waals surface area contributed by atoms with E-state index in [-0.39, 0.29) is 36.5 Å². The molecule has 2 unspecified atom stereocenters. The Labute approximate surface area is 197 Å². The minimum absolute atomic E-state index is 0.116. The van der Waals surface area contributed by atoms with Gasteiger partial charge < -0.3 is 23.8 Å². The van der Waals surface area contributed by atoms with Gasteiger partial charge in [0.1, 0.15) is 11.3 Å². The highest BCUT2D eigenvalue weighted by molar-refractivity contribution is 6.17. The Morgan fingerprint density at radius 2 is 1.94 bits per heavy atom. The first-order valence-electron chi connectivity index (χ1n) is 12.0. The Morgan fingerprint density at radius 1 is 1.15 bits per heavy atom. The summed E-state index contributed by atoms with van der Waals surface area (Å²) in [7, 11) is 1.69. The monoisotopic (exact) mass is 459 g/mol. The first kappa shape index (κ1) is 25.2. The molecule has 0 aromatic heterocycles. The molecule has 7 heteroatoms. The Hall–Kier alpha value is -2.38. The van der Waals surface area contributed by atoms with E-state index in [9.17, 15) is 9.59 Å². The van der Waals surface area contributed by atoms with Crippen molar-refractivity contribution < 1.29 is 28.5 Å². The molecule has 33 heavy (non-hydrogen) atoms. The van der Waals surface area contributed by atoms with Crippen LogP contribution in [-0.2, 0) is 36.8 Å². The molecule has 0 bridgehead atoms. The van der Waals surface area contributed by atoms with Crippen LogP contribution in [0, 0.1) is 5.92 Å². The Balaban J connectivity index is 1.99. The van der Waals surface area contributed by atoms with E-state index in [1.54, 1.807) is 20.2 Å². The van der Waals surface area contributed by atoms with Crippen molar-refractivity contribution in [2.24, 2.45) is 5.92 Å². The first-order valence-corrected chi connectivity index (χ1v) is 12.0. The van der Waals surface area contributed by atoms with Crippen molar-refractivity contribution >= 4 is 11.8 Å². The molecular formula is C26H37NO6. The minimum atomic E-state index is -0.536. The van der Waals surface area contributed by atoms with Gasteiger partial charge in [0.05, 0.1) is 25.9 Å². The van der Waals surface area contributed by atoms with E-state index in [0.717, 1.165) is 29.7 Å². The van der Waals surface area contributed by atoms with Gasteiger partial charge in [-0.3, -0.25) is 4.79 Å². The molecule has 3 rings (SSSR count). The van der Waals surface area contributed by atoms with Crippen LogP contribution in [0.25, 0.3) is 0 Å². The van der Waals surface area contributed by atoms with Crippen LogP contribution >= 0.6 is 0 Å². The largest absolute Gasteiger partial charge is 0.493 e. The fourth-order valence-electron chi connectivity index (χ4n) is 4.60. The van der Waals surface area contributed by atoms with Gasteiger partial charge in [-0.15, -0.1) is 0 Å². The molecule has 2 atom stereocenters. The molecule has 0 spiro atoms. The summed E-state index contributed by atoms with van der Waals surface area (Å²) in [6.45, 7) is 10.6. The van der Waals surface area contributed by atoms with Crippen molar-refractivity contribution in [3.05, 3.63) is 40.6 Å². The lowest BCUT2D eigenvalue weighted by Crippen LogP contribution is -2.47. The second kappa shape index (κ2) is 11.7. The molecule has 2 aliphatic rings. The normalized spacial score (nSPS) is 19.8. The van der Waals surface area contributed by atoms with Crippen LogP contribution in [0.2, 0.25) is 0 Å². The van der Waals surface area contributed by atoms with Gasteiger partial charge in [-0.2, -0.15) is 0 Å². The lowest BCUT2D eigenvalue weighted by Gasteiger charge is -2.47. The number of ketones is 1. The molecule has 2 heterocycles. The number of Topliss-reactive ketones (excluding diaryl/α,β-unsaturated/α-hetero) is 1. The molecule has 0 N–H and O–H groups in total. The van der Waals surface area contributed by atoms with Crippen LogP contribution in [0.1, 0.15) is 63.3 Å². The van der Waals surface area contributed by atoms with Gasteiger partial charge in [-0.05, 0) is 49.4 Å². The van der Waals surface area contributed by atoms with Crippen molar-refractivity contribution in [1.29, 1.82) is 0 Å². The summed E-state index contributed by atoms with van der Waals surface area (Å²) in [5, 5.41) is 0. The van der Waals surface area contributed by atoms with E-state index in [4.69, 9.17) is 18.9 Å². The standard InChI is InChI=1S/C26H37NO6/c1-6-31-16-19-11-20-18(13-25(19)33-10-8-9-30-5)12-22(17(3)4)27-15-21(26(29)32-7-2)24(28)14-23(20)27/h11,13,15,17,22-23H,6-10,12,14,16H2,1-5H3. The van der Waals surface area contributed by atoms with E-state index < -0.39 is 5.97 Å². The lowest BCUT2D eigenvalue weighted by molar-refractivity contribution is -0.140. The summed E-state index contributed by atoms with van der Waals surface area (Å²) in [6.07, 6.45) is 3.61. The van der Waals surface area contributed by atoms with Crippen molar-refractivity contribution in [3.63, 3.8) is 0 Å². The lowest BCUT2D eigenvalue weighted by atomic mass is 9.79. The van der Waals surface area contributed by atoms with Gasteiger partial charge in [0.2, 0.25) is 0 Å². The van der Waals surface area contributed by atoms with Gasteiger partial charge in [0.15, 0.2) is 5.78 Å². The van der Waals surface area contributed by atoms with Crippen LogP contribution in [-0.4, -0.2) is 56.2 Å². The number of carbonyl (C=O) groups excluding carboxylic acids is 2. The molecule has 1 aromatic carbocycles. The van der Waals surface area contributed by atoms with Crippen molar-refractivity contribution in [2.75, 3.05) is 33.5 Å². The predicted octanol–water partition coefficient (Wildman–Crippen LogP) is 3.98. The maximum Gasteiger partial charge on any atom is 0.343 e. The zero-order chi connectivity index (χ0) is 24.0. The second-order valence-electron chi connectivity index (χ2n) is 8.86. The number of methoxy groups -OCH3 is 1. The third kappa shape index (κ3) is 5.76. The number of rotatable bonds is 11. The molecule has 0 radical (unpaired) electrons. The first-order chi connectivity index (χ1) is 15.9. The Morgan fingerprint density at radius 3 is 2.61 bits per heavy atom. The third-order valence-corrected chi connectivity index (χ3v) is 6.29. The number of fused-ring (bicyclic) bond motifs is 3. The molecule has 1 aromatic rings. The topological polar surface area (TPSA) is 74.3 Å². The third-order valence-electron chi connectivity index (χ3n) is 6.29. The minimum Gasteiger partial charge on any atom is -0.493 e. The number of ether oxygens (including phenoxy) is 4. The van der Waals surface area contributed by atoms with E-state index >= 15 is 0 Å². The number of benzene rings is 1. The maximum absolute atomic E-state index is 12.9. The van der Waals surface area contributed by atoms with Crippen LogP contribution in [0.3, 0.4) is 0 Å². The molecule has 182 valence electrons. The highest BCUT2D eigenvalue weighted by Crippen LogP contribution is 2.43. The SMILES string of the molecule is CCOCc1cc2c(cc1OCCCOC)CC(C(C)C)N1C=C(C(=O)OCC)C(=O)CC21. The van der Waals surface area contributed by atoms with Gasteiger partial charge in [0.25, 0.3) is 0 Å². The fourth-order valence-corrected chi connectivity index (χ4v) is 4.60. The Bertz CT molecular complexity index is 878. The molecule has 0 saturated heterocycles.